The van der Waals surface area contributed by atoms with Gasteiger partial charge in [-0.2, -0.15) is 0 Å². The largest absolute Gasteiger partial charge is 0.333 e. The number of rotatable bonds is 10. The van der Waals surface area contributed by atoms with Crippen LogP contribution in [-0.2, 0) is 13.0 Å². The molecule has 39 heavy (non-hydrogen) atoms. The van der Waals surface area contributed by atoms with E-state index < -0.39 is 0 Å². The molecule has 0 aliphatic heterocycles. The minimum absolute atomic E-state index is 0.0185. The molecule has 0 saturated heterocycles. The highest BCUT2D eigenvalue weighted by Crippen LogP contribution is 2.30. The van der Waals surface area contributed by atoms with Crippen LogP contribution in [0.25, 0.3) is 28.2 Å². The lowest BCUT2D eigenvalue weighted by atomic mass is 9.98. The molecule has 5 aromatic rings. The number of nitrogens with zero attached hydrogens (tertiary/aromatic N) is 5. The Bertz CT molecular complexity index is 1590. The van der Waals surface area contributed by atoms with Crippen molar-refractivity contribution in [3.8, 4) is 28.2 Å². The number of imidazole rings is 1. The van der Waals surface area contributed by atoms with Crippen molar-refractivity contribution in [3.05, 3.63) is 106 Å². The molecule has 2 aromatic heterocycles. The summed E-state index contributed by atoms with van der Waals surface area (Å²) < 4.78 is 3.83. The predicted octanol–water partition coefficient (Wildman–Crippen LogP) is 6.70. The van der Waals surface area contributed by atoms with E-state index in [1.807, 2.05) is 27.3 Å². The van der Waals surface area contributed by atoms with Gasteiger partial charge in [0.25, 0.3) is 0 Å². The second-order valence-corrected chi connectivity index (χ2v) is 10.5. The van der Waals surface area contributed by atoms with Crippen molar-refractivity contribution in [1.29, 1.82) is 0 Å². The maximum Gasteiger partial charge on any atom is 0.333 e. The van der Waals surface area contributed by atoms with E-state index in [1.54, 1.807) is 0 Å². The standard InChI is InChI=1S/C32H36N6O/c1-5-6-7-12-26-21-38(30-23(4)11-10-15-27(30)22(2)3)32(39)37(26)20-24-16-18-25(19-17-24)28-13-8-9-14-29(28)31-33-35-36-34-31/h8-11,13-19,21-22H,5-7,12,20H2,1-4H3,(H,33,34,35,36). The van der Waals surface area contributed by atoms with Gasteiger partial charge in [0, 0.05) is 17.5 Å². The number of nitrogens with one attached hydrogen (secondary N) is 1. The van der Waals surface area contributed by atoms with E-state index in [9.17, 15) is 4.79 Å². The molecular weight excluding hydrogens is 484 g/mol. The molecular formula is C32H36N6O. The first-order valence-corrected chi connectivity index (χ1v) is 13.8. The van der Waals surface area contributed by atoms with E-state index in [0.29, 0.717) is 18.3 Å². The number of hydrogen-bond acceptors (Lipinski definition) is 4. The van der Waals surface area contributed by atoms with Crippen LogP contribution in [0, 0.1) is 6.92 Å². The molecule has 1 N–H and O–H groups in total. The van der Waals surface area contributed by atoms with Gasteiger partial charge in [0.15, 0.2) is 5.82 Å². The Balaban J connectivity index is 1.50. The molecule has 0 unspecified atom stereocenters. The third-order valence-electron chi connectivity index (χ3n) is 7.36. The quantitative estimate of drug-likeness (QED) is 0.208. The van der Waals surface area contributed by atoms with Gasteiger partial charge in [-0.25, -0.2) is 9.89 Å². The summed E-state index contributed by atoms with van der Waals surface area (Å²) in [5.41, 5.74) is 8.58. The lowest BCUT2D eigenvalue weighted by molar-refractivity contribution is 0.652. The zero-order chi connectivity index (χ0) is 27.4. The minimum Gasteiger partial charge on any atom is -0.292 e. The smallest absolute Gasteiger partial charge is 0.292 e. The van der Waals surface area contributed by atoms with Gasteiger partial charge in [-0.05, 0) is 63.9 Å². The van der Waals surface area contributed by atoms with E-state index in [4.69, 9.17) is 0 Å². The van der Waals surface area contributed by atoms with Crippen LogP contribution in [0.5, 0.6) is 0 Å². The molecule has 0 atom stereocenters. The lowest BCUT2D eigenvalue weighted by Crippen LogP contribution is -2.26. The van der Waals surface area contributed by atoms with Gasteiger partial charge in [-0.15, -0.1) is 5.10 Å². The highest BCUT2D eigenvalue weighted by Gasteiger charge is 2.18. The predicted molar refractivity (Wildman–Crippen MR) is 156 cm³/mol. The van der Waals surface area contributed by atoms with Crippen LogP contribution in [0.3, 0.4) is 0 Å². The molecule has 0 amide bonds. The first-order valence-electron chi connectivity index (χ1n) is 13.8. The Morgan fingerprint density at radius 2 is 1.69 bits per heavy atom. The van der Waals surface area contributed by atoms with Crippen LogP contribution in [0.2, 0.25) is 0 Å². The van der Waals surface area contributed by atoms with E-state index in [1.165, 1.54) is 5.56 Å². The first-order chi connectivity index (χ1) is 19.0. The summed E-state index contributed by atoms with van der Waals surface area (Å²) in [6.07, 6.45) is 6.32. The van der Waals surface area contributed by atoms with Gasteiger partial charge in [0.1, 0.15) is 0 Å². The van der Waals surface area contributed by atoms with Crippen molar-refractivity contribution < 1.29 is 0 Å². The van der Waals surface area contributed by atoms with Crippen LogP contribution in [0.15, 0.2) is 77.7 Å². The van der Waals surface area contributed by atoms with Crippen LogP contribution < -0.4 is 5.69 Å². The number of aromatic amines is 1. The average Bonchev–Trinajstić information content (AvgIpc) is 3.58. The van der Waals surface area contributed by atoms with Gasteiger partial charge < -0.3 is 0 Å². The van der Waals surface area contributed by atoms with E-state index in [2.05, 4.69) is 103 Å². The van der Waals surface area contributed by atoms with Crippen molar-refractivity contribution in [1.82, 2.24) is 29.8 Å². The highest BCUT2D eigenvalue weighted by atomic mass is 16.1. The number of hydrogen-bond donors (Lipinski definition) is 1. The molecule has 200 valence electrons. The third-order valence-corrected chi connectivity index (χ3v) is 7.36. The molecule has 0 aliphatic rings. The molecule has 0 saturated carbocycles. The fraction of sp³-hybridized carbons (Fsp3) is 0.312. The molecule has 3 aromatic carbocycles. The van der Waals surface area contributed by atoms with Crippen molar-refractivity contribution in [2.75, 3.05) is 0 Å². The van der Waals surface area contributed by atoms with Crippen LogP contribution >= 0.6 is 0 Å². The molecule has 0 spiro atoms. The maximum absolute atomic E-state index is 13.9. The SMILES string of the molecule is CCCCCc1cn(-c2c(C)cccc2C(C)C)c(=O)n1Cc1ccc(-c2ccccc2-c2nnn[nH]2)cc1. The summed E-state index contributed by atoms with van der Waals surface area (Å²) in [5, 5.41) is 14.4. The van der Waals surface area contributed by atoms with E-state index in [0.717, 1.165) is 64.9 Å². The highest BCUT2D eigenvalue weighted by molar-refractivity contribution is 5.80. The third kappa shape index (κ3) is 5.48. The van der Waals surface area contributed by atoms with Crippen molar-refractivity contribution >= 4 is 0 Å². The average molecular weight is 521 g/mol. The zero-order valence-electron chi connectivity index (χ0n) is 23.2. The number of unbranched alkanes of at least 4 members (excludes halogenated alkanes) is 2. The number of aryl methyl sites for hydroxylation is 2. The van der Waals surface area contributed by atoms with Gasteiger partial charge >= 0.3 is 5.69 Å². The molecule has 5 rings (SSSR count). The van der Waals surface area contributed by atoms with E-state index >= 15 is 0 Å². The Morgan fingerprint density at radius 3 is 2.38 bits per heavy atom. The van der Waals surface area contributed by atoms with Crippen molar-refractivity contribution in [3.63, 3.8) is 0 Å². The topological polar surface area (TPSA) is 81.4 Å². The van der Waals surface area contributed by atoms with Gasteiger partial charge in [0.2, 0.25) is 0 Å². The molecule has 7 heteroatoms. The Hall–Kier alpha value is -4.26. The number of benzene rings is 3. The number of tetrazole rings is 1. The minimum atomic E-state index is 0.0185. The Morgan fingerprint density at radius 1 is 0.923 bits per heavy atom. The normalized spacial score (nSPS) is 11.4. The lowest BCUT2D eigenvalue weighted by Gasteiger charge is -2.15. The van der Waals surface area contributed by atoms with Crippen molar-refractivity contribution in [2.45, 2.75) is 65.8 Å². The second kappa shape index (κ2) is 11.6. The second-order valence-electron chi connectivity index (χ2n) is 10.5. The fourth-order valence-corrected chi connectivity index (χ4v) is 5.28. The van der Waals surface area contributed by atoms with Crippen LogP contribution in [-0.4, -0.2) is 29.8 Å². The summed E-state index contributed by atoms with van der Waals surface area (Å²) in [7, 11) is 0. The first kappa shape index (κ1) is 26.4. The number of H-pyrrole nitrogens is 1. The van der Waals surface area contributed by atoms with Gasteiger partial charge in [-0.1, -0.05) is 100 Å². The van der Waals surface area contributed by atoms with Crippen LogP contribution in [0.4, 0.5) is 0 Å². The van der Waals surface area contributed by atoms with Gasteiger partial charge in [-0.3, -0.25) is 9.13 Å². The summed E-state index contributed by atoms with van der Waals surface area (Å²) >= 11 is 0. The van der Waals surface area contributed by atoms with Gasteiger partial charge in [0.05, 0.1) is 12.2 Å². The molecule has 0 radical (unpaired) electrons. The molecule has 0 fully saturated rings. The summed E-state index contributed by atoms with van der Waals surface area (Å²) in [4.78, 5) is 13.9. The summed E-state index contributed by atoms with van der Waals surface area (Å²) in [6, 6.07) is 22.8. The monoisotopic (exact) mass is 520 g/mol. The number of aromatic nitrogens is 6. The molecule has 2 heterocycles. The summed E-state index contributed by atoms with van der Waals surface area (Å²) in [5.74, 6) is 0.957. The van der Waals surface area contributed by atoms with Crippen molar-refractivity contribution in [2.24, 2.45) is 0 Å². The number of para-hydroxylation sites is 1. The van der Waals surface area contributed by atoms with Crippen LogP contribution in [0.1, 0.15) is 68.3 Å². The molecule has 7 nitrogen and oxygen atoms in total. The Kier molecular flexibility index (Phi) is 7.87. The fourth-order valence-electron chi connectivity index (χ4n) is 5.28. The maximum atomic E-state index is 13.9. The van der Waals surface area contributed by atoms with E-state index in [-0.39, 0.29) is 5.69 Å². The summed E-state index contributed by atoms with van der Waals surface area (Å²) in [6.45, 7) is 9.19. The molecule has 0 bridgehead atoms. The Labute approximate surface area is 229 Å². The zero-order valence-corrected chi connectivity index (χ0v) is 23.2. The molecule has 0 aliphatic carbocycles.